The summed E-state index contributed by atoms with van der Waals surface area (Å²) in [6.07, 6.45) is 2.49. The highest BCUT2D eigenvalue weighted by molar-refractivity contribution is 7.80. The standard InChI is InChI=1S/C14H20N2O2S/c17-12-8-4-5-9-14(12,18)10-15-13(19)16-11-6-2-1-3-7-11/h1-3,6-7,12,17-18H,4-5,8-10H2,(H2,15,16,19)/t12-,14+/m0/s1. The van der Waals surface area contributed by atoms with Crippen molar-refractivity contribution in [3.63, 3.8) is 0 Å². The van der Waals surface area contributed by atoms with Gasteiger partial charge in [0.15, 0.2) is 5.11 Å². The Bertz CT molecular complexity index is 427. The van der Waals surface area contributed by atoms with Crippen LogP contribution in [0.2, 0.25) is 0 Å². The molecule has 0 unspecified atom stereocenters. The fourth-order valence-corrected chi connectivity index (χ4v) is 2.53. The predicted molar refractivity (Wildman–Crippen MR) is 80.1 cm³/mol. The number of nitrogens with one attached hydrogen (secondary N) is 2. The Balaban J connectivity index is 1.83. The van der Waals surface area contributed by atoms with Crippen molar-refractivity contribution < 1.29 is 10.2 Å². The second-order valence-corrected chi connectivity index (χ2v) is 5.45. The van der Waals surface area contributed by atoms with Crippen molar-refractivity contribution in [2.75, 3.05) is 11.9 Å². The molecule has 4 N–H and O–H groups in total. The fourth-order valence-electron chi connectivity index (χ4n) is 2.34. The normalized spacial score (nSPS) is 26.7. The molecule has 0 heterocycles. The topological polar surface area (TPSA) is 64.5 Å². The zero-order valence-electron chi connectivity index (χ0n) is 10.8. The SMILES string of the molecule is O[C@H]1CCCC[C@@]1(O)CNC(=S)Nc1ccccc1. The lowest BCUT2D eigenvalue weighted by Gasteiger charge is -2.37. The minimum Gasteiger partial charge on any atom is -0.390 e. The van der Waals surface area contributed by atoms with Crippen molar-refractivity contribution in [1.82, 2.24) is 5.32 Å². The molecule has 1 aliphatic carbocycles. The van der Waals surface area contributed by atoms with Gasteiger partial charge < -0.3 is 20.8 Å². The first-order chi connectivity index (χ1) is 9.10. The first kappa shape index (κ1) is 14.2. The summed E-state index contributed by atoms with van der Waals surface area (Å²) in [7, 11) is 0. The predicted octanol–water partition coefficient (Wildman–Crippen LogP) is 1.64. The number of aliphatic hydroxyl groups is 2. The van der Waals surface area contributed by atoms with Crippen LogP contribution in [-0.2, 0) is 0 Å². The lowest BCUT2D eigenvalue weighted by Crippen LogP contribution is -2.53. The molecule has 4 nitrogen and oxygen atoms in total. The molecule has 2 rings (SSSR count). The third-order valence-corrected chi connectivity index (χ3v) is 3.79. The first-order valence-corrected chi connectivity index (χ1v) is 7.01. The van der Waals surface area contributed by atoms with Gasteiger partial charge in [0.2, 0.25) is 0 Å². The maximum Gasteiger partial charge on any atom is 0.170 e. The van der Waals surface area contributed by atoms with E-state index in [2.05, 4.69) is 10.6 Å². The molecular weight excluding hydrogens is 260 g/mol. The Labute approximate surface area is 118 Å². The van der Waals surface area contributed by atoms with Gasteiger partial charge in [0.1, 0.15) is 5.60 Å². The molecule has 1 saturated carbocycles. The van der Waals surface area contributed by atoms with Gasteiger partial charge >= 0.3 is 0 Å². The fraction of sp³-hybridized carbons (Fsp3) is 0.500. The van der Waals surface area contributed by atoms with Crippen molar-refractivity contribution in [1.29, 1.82) is 0 Å². The number of hydrogen-bond donors (Lipinski definition) is 4. The summed E-state index contributed by atoms with van der Waals surface area (Å²) in [6, 6.07) is 9.60. The zero-order chi connectivity index (χ0) is 13.7. The van der Waals surface area contributed by atoms with Crippen LogP contribution >= 0.6 is 12.2 Å². The van der Waals surface area contributed by atoms with Gasteiger partial charge in [0, 0.05) is 12.2 Å². The number of benzene rings is 1. The van der Waals surface area contributed by atoms with E-state index < -0.39 is 11.7 Å². The van der Waals surface area contributed by atoms with Crippen LogP contribution in [0.4, 0.5) is 5.69 Å². The van der Waals surface area contributed by atoms with E-state index >= 15 is 0 Å². The molecule has 0 spiro atoms. The molecule has 104 valence electrons. The summed E-state index contributed by atoms with van der Waals surface area (Å²) < 4.78 is 0. The molecular formula is C14H20N2O2S. The molecule has 0 aliphatic heterocycles. The quantitative estimate of drug-likeness (QED) is 0.634. The van der Waals surface area contributed by atoms with E-state index in [4.69, 9.17) is 12.2 Å². The second-order valence-electron chi connectivity index (χ2n) is 5.04. The molecule has 0 saturated heterocycles. The summed E-state index contributed by atoms with van der Waals surface area (Å²) in [4.78, 5) is 0. The average molecular weight is 280 g/mol. The van der Waals surface area contributed by atoms with Crippen molar-refractivity contribution in [2.45, 2.75) is 37.4 Å². The number of rotatable bonds is 3. The van der Waals surface area contributed by atoms with Crippen LogP contribution < -0.4 is 10.6 Å². The Morgan fingerprint density at radius 3 is 2.74 bits per heavy atom. The largest absolute Gasteiger partial charge is 0.390 e. The van der Waals surface area contributed by atoms with E-state index in [1.54, 1.807) is 0 Å². The van der Waals surface area contributed by atoms with Gasteiger partial charge in [-0.15, -0.1) is 0 Å². The van der Waals surface area contributed by atoms with E-state index in [1.165, 1.54) is 0 Å². The first-order valence-electron chi connectivity index (χ1n) is 6.60. The summed E-state index contributed by atoms with van der Waals surface area (Å²) in [5.74, 6) is 0. The van der Waals surface area contributed by atoms with E-state index in [9.17, 15) is 10.2 Å². The number of para-hydroxylation sites is 1. The van der Waals surface area contributed by atoms with E-state index in [1.807, 2.05) is 30.3 Å². The number of aliphatic hydroxyl groups excluding tert-OH is 1. The molecule has 2 atom stereocenters. The Kier molecular flexibility index (Phi) is 4.74. The summed E-state index contributed by atoms with van der Waals surface area (Å²) >= 11 is 5.18. The third-order valence-electron chi connectivity index (χ3n) is 3.54. The van der Waals surface area contributed by atoms with Gasteiger partial charge in [-0.1, -0.05) is 31.0 Å². The van der Waals surface area contributed by atoms with Gasteiger partial charge in [0.05, 0.1) is 6.10 Å². The van der Waals surface area contributed by atoms with Crippen LogP contribution in [0.25, 0.3) is 0 Å². The van der Waals surface area contributed by atoms with Crippen LogP contribution in [0.15, 0.2) is 30.3 Å². The third kappa shape index (κ3) is 3.89. The van der Waals surface area contributed by atoms with Crippen molar-refractivity contribution >= 4 is 23.0 Å². The summed E-state index contributed by atoms with van der Waals surface area (Å²) in [6.45, 7) is 0.271. The van der Waals surface area contributed by atoms with Crippen molar-refractivity contribution in [2.24, 2.45) is 0 Å². The minimum atomic E-state index is -1.07. The monoisotopic (exact) mass is 280 g/mol. The number of hydrogen-bond acceptors (Lipinski definition) is 3. The molecule has 19 heavy (non-hydrogen) atoms. The molecule has 0 amide bonds. The van der Waals surface area contributed by atoms with Gasteiger partial charge in [-0.25, -0.2) is 0 Å². The van der Waals surface area contributed by atoms with Gasteiger partial charge in [-0.2, -0.15) is 0 Å². The lowest BCUT2D eigenvalue weighted by atomic mass is 9.82. The maximum atomic E-state index is 10.4. The zero-order valence-corrected chi connectivity index (χ0v) is 11.6. The summed E-state index contributed by atoms with van der Waals surface area (Å²) in [5, 5.41) is 26.7. The van der Waals surface area contributed by atoms with Crippen LogP contribution in [0.5, 0.6) is 0 Å². The van der Waals surface area contributed by atoms with Crippen LogP contribution in [-0.4, -0.2) is 33.6 Å². The van der Waals surface area contributed by atoms with Gasteiger partial charge in [-0.05, 0) is 37.2 Å². The highest BCUT2D eigenvalue weighted by atomic mass is 32.1. The van der Waals surface area contributed by atoms with E-state index in [0.717, 1.165) is 18.5 Å². The molecule has 0 radical (unpaired) electrons. The van der Waals surface area contributed by atoms with Crippen LogP contribution in [0.1, 0.15) is 25.7 Å². The lowest BCUT2D eigenvalue weighted by molar-refractivity contribution is -0.0950. The molecule has 0 bridgehead atoms. The second kappa shape index (κ2) is 6.32. The minimum absolute atomic E-state index is 0.271. The smallest absolute Gasteiger partial charge is 0.170 e. The Morgan fingerprint density at radius 2 is 2.05 bits per heavy atom. The van der Waals surface area contributed by atoms with Crippen LogP contribution in [0.3, 0.4) is 0 Å². The number of anilines is 1. The molecule has 1 fully saturated rings. The Morgan fingerprint density at radius 1 is 1.32 bits per heavy atom. The molecule has 1 aliphatic rings. The van der Waals surface area contributed by atoms with Gasteiger partial charge in [0.25, 0.3) is 0 Å². The molecule has 1 aromatic carbocycles. The highest BCUT2D eigenvalue weighted by Gasteiger charge is 2.37. The molecule has 0 aromatic heterocycles. The van der Waals surface area contributed by atoms with Crippen LogP contribution in [0, 0.1) is 0 Å². The van der Waals surface area contributed by atoms with Crippen molar-refractivity contribution in [3.05, 3.63) is 30.3 Å². The molecule has 1 aromatic rings. The maximum absolute atomic E-state index is 10.4. The number of thiocarbonyl (C=S) groups is 1. The molecule has 5 heteroatoms. The van der Waals surface area contributed by atoms with Gasteiger partial charge in [-0.3, -0.25) is 0 Å². The highest BCUT2D eigenvalue weighted by Crippen LogP contribution is 2.27. The van der Waals surface area contributed by atoms with Crippen molar-refractivity contribution in [3.8, 4) is 0 Å². The summed E-state index contributed by atoms with van der Waals surface area (Å²) in [5.41, 5.74) is -0.170. The average Bonchev–Trinajstić information content (AvgIpc) is 2.41. The Hall–Kier alpha value is -1.17. The van der Waals surface area contributed by atoms with E-state index in [0.29, 0.717) is 18.0 Å². The van der Waals surface area contributed by atoms with E-state index in [-0.39, 0.29) is 6.54 Å².